The summed E-state index contributed by atoms with van der Waals surface area (Å²) in [5, 5.41) is 23.9. The molecule has 0 saturated heterocycles. The molecule has 14 heteroatoms. The molecule has 2 N–H and O–H groups in total. The van der Waals surface area contributed by atoms with Gasteiger partial charge < -0.3 is 25.0 Å². The summed E-state index contributed by atoms with van der Waals surface area (Å²) in [5.74, 6) is -0.808. The fourth-order valence-corrected chi connectivity index (χ4v) is 5.58. The number of fused-ring (bicyclic) bond motifs is 2. The van der Waals surface area contributed by atoms with E-state index in [4.69, 9.17) is 27.9 Å². The molecule has 42 heavy (non-hydrogen) atoms. The van der Waals surface area contributed by atoms with Crippen LogP contribution in [0.4, 0.5) is 33.2 Å². The minimum Gasteiger partial charge on any atom is -0.438 e. The molecule has 0 aromatic heterocycles. The first-order chi connectivity index (χ1) is 19.9. The van der Waals surface area contributed by atoms with Gasteiger partial charge in [0.15, 0.2) is 10.9 Å². The molecule has 1 aliphatic heterocycles. The van der Waals surface area contributed by atoms with E-state index in [1.807, 2.05) is 74.4 Å². The highest BCUT2D eigenvalue weighted by Gasteiger charge is 2.35. The number of aliphatic hydroxyl groups excluding tert-OH is 1. The number of nitro benzene ring substituents is 1. The van der Waals surface area contributed by atoms with Crippen molar-refractivity contribution in [3.63, 3.8) is 0 Å². The summed E-state index contributed by atoms with van der Waals surface area (Å²) in [6.45, 7) is -0.650. The van der Waals surface area contributed by atoms with Crippen molar-refractivity contribution in [2.45, 2.75) is 26.8 Å². The van der Waals surface area contributed by atoms with Crippen LogP contribution in [0.2, 0.25) is 0 Å². The Balaban J connectivity index is 1.79. The Kier molecular flexibility index (Phi) is 9.72. The molecular formula is C28H29Cl2N5O6S. The second-order valence-electron chi connectivity index (χ2n) is 9.78. The molecule has 0 fully saturated rings. The zero-order chi connectivity index (χ0) is 30.7. The van der Waals surface area contributed by atoms with Gasteiger partial charge in [-0.2, -0.15) is 0 Å². The van der Waals surface area contributed by atoms with E-state index in [0.717, 1.165) is 21.2 Å². The lowest BCUT2D eigenvalue weighted by molar-refractivity contribution is -0.384. The van der Waals surface area contributed by atoms with Crippen molar-refractivity contribution < 1.29 is 24.4 Å². The summed E-state index contributed by atoms with van der Waals surface area (Å²) in [6.07, 6.45) is -2.06. The van der Waals surface area contributed by atoms with Crippen LogP contribution in [0.25, 0.3) is 0 Å². The van der Waals surface area contributed by atoms with Gasteiger partial charge in [0, 0.05) is 61.5 Å². The van der Waals surface area contributed by atoms with Crippen molar-refractivity contribution in [2.24, 2.45) is 0 Å². The molecule has 0 unspecified atom stereocenters. The lowest BCUT2D eigenvalue weighted by atomic mass is 10.0. The molecule has 3 aromatic carbocycles. The Bertz CT molecular complexity index is 1430. The van der Waals surface area contributed by atoms with Crippen LogP contribution in [0.5, 0.6) is 0 Å². The van der Waals surface area contributed by atoms with Crippen LogP contribution in [0.15, 0.2) is 70.5 Å². The molecular weight excluding hydrogens is 605 g/mol. The lowest BCUT2D eigenvalue weighted by Gasteiger charge is -2.34. The van der Waals surface area contributed by atoms with Gasteiger partial charge in [-0.05, 0) is 54.1 Å². The summed E-state index contributed by atoms with van der Waals surface area (Å²) in [4.78, 5) is 42.6. The molecule has 0 bridgehead atoms. The van der Waals surface area contributed by atoms with Crippen LogP contribution in [-0.4, -0.2) is 67.7 Å². The Morgan fingerprint density at radius 2 is 1.50 bits per heavy atom. The van der Waals surface area contributed by atoms with Gasteiger partial charge in [0.2, 0.25) is 0 Å². The van der Waals surface area contributed by atoms with E-state index in [0.29, 0.717) is 16.9 Å². The molecule has 3 aromatic rings. The highest BCUT2D eigenvalue weighted by atomic mass is 35.5. The predicted molar refractivity (Wildman–Crippen MR) is 165 cm³/mol. The number of non-ortho nitro benzene ring substituents is 1. The van der Waals surface area contributed by atoms with Crippen molar-refractivity contribution in [2.75, 3.05) is 49.5 Å². The van der Waals surface area contributed by atoms with Gasteiger partial charge in [-0.15, -0.1) is 0 Å². The lowest BCUT2D eigenvalue weighted by Crippen LogP contribution is -2.46. The fourth-order valence-electron chi connectivity index (χ4n) is 4.33. The number of nitrogens with one attached hydrogen (secondary N) is 1. The Labute approximate surface area is 257 Å². The number of nitro groups is 1. The first kappa shape index (κ1) is 31.2. The van der Waals surface area contributed by atoms with Crippen LogP contribution >= 0.6 is 35.0 Å². The number of alkyl halides is 2. The van der Waals surface area contributed by atoms with Gasteiger partial charge in [0.1, 0.15) is 0 Å². The van der Waals surface area contributed by atoms with Crippen molar-refractivity contribution in [3.05, 3.63) is 76.3 Å². The number of halogens is 2. The number of carbonyl (C=O) groups excluding carboxylic acids is 2. The number of benzene rings is 3. The third-order valence-corrected chi connectivity index (χ3v) is 8.04. The minimum absolute atomic E-state index is 0.181. The highest BCUT2D eigenvalue weighted by molar-refractivity contribution is 7.99. The number of amides is 2. The second-order valence-corrected chi connectivity index (χ2v) is 12.0. The van der Waals surface area contributed by atoms with Crippen molar-refractivity contribution >= 4 is 75.4 Å². The first-order valence-electron chi connectivity index (χ1n) is 12.7. The average Bonchev–Trinajstić information content (AvgIpc) is 2.96. The molecule has 4 rings (SSSR count). The maximum Gasteiger partial charge on any atom is 0.419 e. The number of anilines is 4. The minimum atomic E-state index is -1.44. The molecule has 2 atom stereocenters. The van der Waals surface area contributed by atoms with E-state index in [9.17, 15) is 24.8 Å². The SMILES string of the molecule is CN(C)c1ccc2c(c1)Sc1cc(N(C)C)ccc1N2C(=O)O[C@H](c1ccc([N+](=O)[O-])cc1)[C@@H](CO)NC(=O)C(Cl)Cl. The Morgan fingerprint density at radius 1 is 0.976 bits per heavy atom. The van der Waals surface area contributed by atoms with E-state index >= 15 is 0 Å². The number of aliphatic hydroxyl groups is 1. The molecule has 0 aliphatic carbocycles. The third kappa shape index (κ3) is 6.67. The summed E-state index contributed by atoms with van der Waals surface area (Å²) in [5.41, 5.74) is 3.14. The van der Waals surface area contributed by atoms with E-state index in [1.165, 1.54) is 40.9 Å². The number of hydrogen-bond acceptors (Lipinski definition) is 9. The largest absolute Gasteiger partial charge is 0.438 e. The normalized spacial score (nSPS) is 13.5. The molecule has 1 heterocycles. The van der Waals surface area contributed by atoms with Crippen molar-refractivity contribution in [1.82, 2.24) is 5.32 Å². The molecule has 2 amide bonds. The first-order valence-corrected chi connectivity index (χ1v) is 14.3. The standard InChI is InChI=1S/C28H29Cl2N5O6S/c1-32(2)18-9-11-21-23(13-18)42-24-14-19(33(3)4)10-12-22(24)34(21)28(38)41-25(20(15-36)31-27(37)26(29)30)16-5-7-17(8-6-16)35(39)40/h5-14,20,25-26,36H,15H2,1-4H3,(H,31,37)/t20-,25-/m1/s1. The number of hydrogen-bond donors (Lipinski definition) is 2. The van der Waals surface area contributed by atoms with Gasteiger partial charge in [-0.1, -0.05) is 35.0 Å². The van der Waals surface area contributed by atoms with Crippen LogP contribution in [0.1, 0.15) is 11.7 Å². The number of carbonyl (C=O) groups is 2. The average molecular weight is 635 g/mol. The maximum atomic E-state index is 14.1. The smallest absolute Gasteiger partial charge is 0.419 e. The maximum absolute atomic E-state index is 14.1. The number of ether oxygens (including phenoxy) is 1. The zero-order valence-electron chi connectivity index (χ0n) is 23.2. The van der Waals surface area contributed by atoms with Gasteiger partial charge in [-0.25, -0.2) is 9.69 Å². The van der Waals surface area contributed by atoms with Gasteiger partial charge in [0.05, 0.1) is 28.9 Å². The molecule has 0 spiro atoms. The van der Waals surface area contributed by atoms with E-state index < -0.39 is 40.5 Å². The van der Waals surface area contributed by atoms with Crippen LogP contribution < -0.4 is 20.0 Å². The van der Waals surface area contributed by atoms with E-state index in [-0.39, 0.29) is 5.69 Å². The zero-order valence-corrected chi connectivity index (χ0v) is 25.5. The number of nitrogens with zero attached hydrogens (tertiary/aromatic N) is 4. The van der Waals surface area contributed by atoms with Crippen LogP contribution in [-0.2, 0) is 9.53 Å². The number of rotatable bonds is 9. The Morgan fingerprint density at radius 3 is 1.93 bits per heavy atom. The summed E-state index contributed by atoms with van der Waals surface area (Å²) >= 11 is 12.9. The summed E-state index contributed by atoms with van der Waals surface area (Å²) < 4.78 is 6.01. The molecule has 11 nitrogen and oxygen atoms in total. The quantitative estimate of drug-likeness (QED) is 0.178. The van der Waals surface area contributed by atoms with E-state index in [2.05, 4.69) is 5.32 Å². The summed E-state index contributed by atoms with van der Waals surface area (Å²) in [6, 6.07) is 15.4. The third-order valence-electron chi connectivity index (χ3n) is 6.55. The van der Waals surface area contributed by atoms with Crippen molar-refractivity contribution in [1.29, 1.82) is 0 Å². The van der Waals surface area contributed by atoms with Gasteiger partial charge in [-0.3, -0.25) is 14.9 Å². The second kappa shape index (κ2) is 13.1. The fraction of sp³-hybridized carbons (Fsp3) is 0.286. The van der Waals surface area contributed by atoms with Crippen LogP contribution in [0, 0.1) is 10.1 Å². The molecule has 0 saturated carbocycles. The van der Waals surface area contributed by atoms with Crippen molar-refractivity contribution in [3.8, 4) is 0 Å². The van der Waals surface area contributed by atoms with Crippen LogP contribution in [0.3, 0.4) is 0 Å². The Hall–Kier alpha value is -3.71. The predicted octanol–water partition coefficient (Wildman–Crippen LogP) is 5.49. The van der Waals surface area contributed by atoms with Gasteiger partial charge in [0.25, 0.3) is 11.6 Å². The van der Waals surface area contributed by atoms with E-state index in [1.54, 1.807) is 0 Å². The molecule has 1 aliphatic rings. The van der Waals surface area contributed by atoms with Gasteiger partial charge >= 0.3 is 6.09 Å². The monoisotopic (exact) mass is 633 g/mol. The highest BCUT2D eigenvalue weighted by Crippen LogP contribution is 2.50. The molecule has 0 radical (unpaired) electrons. The topological polar surface area (TPSA) is 128 Å². The molecule has 222 valence electrons. The summed E-state index contributed by atoms with van der Waals surface area (Å²) in [7, 11) is 7.68.